The highest BCUT2D eigenvalue weighted by molar-refractivity contribution is 5.80. The van der Waals surface area contributed by atoms with E-state index < -0.39 is 0 Å². The summed E-state index contributed by atoms with van der Waals surface area (Å²) in [4.78, 5) is 12.5. The number of aryl methyl sites for hydroxylation is 2. The van der Waals surface area contributed by atoms with Crippen LogP contribution in [0.2, 0.25) is 0 Å². The van der Waals surface area contributed by atoms with Gasteiger partial charge in [-0.25, -0.2) is 4.79 Å². The third-order valence-corrected chi connectivity index (χ3v) is 5.45. The van der Waals surface area contributed by atoms with Gasteiger partial charge in [0.25, 0.3) is 0 Å². The summed E-state index contributed by atoms with van der Waals surface area (Å²) >= 11 is 0. The average molecular weight is 356 g/mol. The Balaban J connectivity index is 1.31. The SMILES string of the molecule is O=C(COc1ccc2c(c1)CCC2)OC1c2ccccc2-c2ccccc21. The topological polar surface area (TPSA) is 35.5 Å². The molecule has 134 valence electrons. The summed E-state index contributed by atoms with van der Waals surface area (Å²) in [5, 5.41) is 0. The van der Waals surface area contributed by atoms with Crippen LogP contribution in [0, 0.1) is 0 Å². The van der Waals surface area contributed by atoms with E-state index in [0.29, 0.717) is 0 Å². The number of hydrogen-bond acceptors (Lipinski definition) is 3. The van der Waals surface area contributed by atoms with Gasteiger partial charge in [-0.3, -0.25) is 0 Å². The first-order chi connectivity index (χ1) is 13.3. The van der Waals surface area contributed by atoms with Crippen LogP contribution in [0.3, 0.4) is 0 Å². The van der Waals surface area contributed by atoms with E-state index in [4.69, 9.17) is 9.47 Å². The first-order valence-corrected chi connectivity index (χ1v) is 9.42. The zero-order valence-electron chi connectivity index (χ0n) is 15.0. The standard InChI is InChI=1S/C24H20O3/c25-23(15-26-18-13-12-16-6-5-7-17(16)14-18)27-24-21-10-3-1-8-19(21)20-9-2-4-11-22(20)24/h1-4,8-14,24H,5-7,15H2. The summed E-state index contributed by atoms with van der Waals surface area (Å²) in [6.07, 6.45) is 3.06. The molecule has 0 fully saturated rings. The Labute approximate surface area is 158 Å². The molecule has 3 aromatic rings. The van der Waals surface area contributed by atoms with Crippen LogP contribution in [0.5, 0.6) is 5.75 Å². The maximum Gasteiger partial charge on any atom is 0.345 e. The average Bonchev–Trinajstić information content (AvgIpc) is 3.30. The first kappa shape index (κ1) is 16.1. The summed E-state index contributed by atoms with van der Waals surface area (Å²) in [6.45, 7) is -0.0837. The summed E-state index contributed by atoms with van der Waals surface area (Å²) < 4.78 is 11.5. The minimum atomic E-state index is -0.367. The van der Waals surface area contributed by atoms with Gasteiger partial charge in [-0.1, -0.05) is 54.6 Å². The number of rotatable bonds is 4. The molecule has 3 heteroatoms. The van der Waals surface area contributed by atoms with E-state index in [9.17, 15) is 4.79 Å². The second-order valence-electron chi connectivity index (χ2n) is 7.12. The van der Waals surface area contributed by atoms with Crippen molar-refractivity contribution in [2.24, 2.45) is 0 Å². The quantitative estimate of drug-likeness (QED) is 0.626. The lowest BCUT2D eigenvalue weighted by atomic mass is 10.1. The number of fused-ring (bicyclic) bond motifs is 4. The molecule has 0 saturated carbocycles. The van der Waals surface area contributed by atoms with Crippen molar-refractivity contribution in [3.05, 3.63) is 89.0 Å². The third-order valence-electron chi connectivity index (χ3n) is 5.45. The minimum absolute atomic E-state index is 0.0837. The molecule has 0 spiro atoms. The van der Waals surface area contributed by atoms with E-state index in [1.54, 1.807) is 0 Å². The molecule has 0 unspecified atom stereocenters. The van der Waals surface area contributed by atoms with E-state index >= 15 is 0 Å². The lowest BCUT2D eigenvalue weighted by Gasteiger charge is -2.15. The van der Waals surface area contributed by atoms with Crippen LogP contribution in [0.1, 0.15) is 34.8 Å². The second-order valence-corrected chi connectivity index (χ2v) is 7.12. The monoisotopic (exact) mass is 356 g/mol. The first-order valence-electron chi connectivity index (χ1n) is 9.42. The molecule has 3 nitrogen and oxygen atoms in total. The number of carbonyl (C=O) groups is 1. The Hall–Kier alpha value is -3.07. The molecule has 3 aromatic carbocycles. The maximum absolute atomic E-state index is 12.5. The summed E-state index contributed by atoms with van der Waals surface area (Å²) in [5.74, 6) is 0.381. The second kappa shape index (κ2) is 6.58. The van der Waals surface area contributed by atoms with E-state index in [2.05, 4.69) is 24.3 Å². The Morgan fingerprint density at radius 3 is 2.26 bits per heavy atom. The molecule has 0 N–H and O–H groups in total. The van der Waals surface area contributed by atoms with E-state index in [1.165, 1.54) is 17.5 Å². The zero-order chi connectivity index (χ0) is 18.2. The molecule has 0 atom stereocenters. The van der Waals surface area contributed by atoms with Crippen LogP contribution in [0.4, 0.5) is 0 Å². The van der Waals surface area contributed by atoms with Crippen LogP contribution in [0.25, 0.3) is 11.1 Å². The van der Waals surface area contributed by atoms with Crippen molar-refractivity contribution in [3.63, 3.8) is 0 Å². The molecule has 0 aliphatic heterocycles. The van der Waals surface area contributed by atoms with Gasteiger partial charge in [0.2, 0.25) is 0 Å². The Morgan fingerprint density at radius 1 is 0.852 bits per heavy atom. The van der Waals surface area contributed by atoms with Gasteiger partial charge in [0.1, 0.15) is 5.75 Å². The Kier molecular flexibility index (Phi) is 3.93. The highest BCUT2D eigenvalue weighted by Crippen LogP contribution is 2.45. The van der Waals surface area contributed by atoms with Crippen LogP contribution >= 0.6 is 0 Å². The molecular formula is C24H20O3. The van der Waals surface area contributed by atoms with Crippen molar-refractivity contribution in [3.8, 4) is 16.9 Å². The minimum Gasteiger partial charge on any atom is -0.482 e. The highest BCUT2D eigenvalue weighted by atomic mass is 16.6. The van der Waals surface area contributed by atoms with Crippen LogP contribution in [-0.2, 0) is 22.4 Å². The molecule has 0 saturated heterocycles. The predicted molar refractivity (Wildman–Crippen MR) is 104 cm³/mol. The fourth-order valence-electron chi connectivity index (χ4n) is 4.18. The van der Waals surface area contributed by atoms with E-state index in [1.807, 2.05) is 42.5 Å². The van der Waals surface area contributed by atoms with E-state index in [0.717, 1.165) is 40.8 Å². The van der Waals surface area contributed by atoms with Gasteiger partial charge >= 0.3 is 5.97 Å². The normalized spacial score (nSPS) is 14.4. The van der Waals surface area contributed by atoms with Gasteiger partial charge < -0.3 is 9.47 Å². The van der Waals surface area contributed by atoms with Crippen LogP contribution in [0.15, 0.2) is 66.7 Å². The fourth-order valence-corrected chi connectivity index (χ4v) is 4.18. The van der Waals surface area contributed by atoms with Crippen LogP contribution < -0.4 is 4.74 Å². The molecule has 2 aliphatic carbocycles. The molecule has 0 bridgehead atoms. The number of benzene rings is 3. The number of carbonyl (C=O) groups excluding carboxylic acids is 1. The van der Waals surface area contributed by atoms with Gasteiger partial charge in [-0.15, -0.1) is 0 Å². The zero-order valence-corrected chi connectivity index (χ0v) is 15.0. The third kappa shape index (κ3) is 2.89. The van der Waals surface area contributed by atoms with Gasteiger partial charge in [-0.05, 0) is 53.6 Å². The number of ether oxygens (including phenoxy) is 2. The van der Waals surface area contributed by atoms with Crippen LogP contribution in [-0.4, -0.2) is 12.6 Å². The van der Waals surface area contributed by atoms with Gasteiger partial charge in [-0.2, -0.15) is 0 Å². The lowest BCUT2D eigenvalue weighted by molar-refractivity contribution is -0.149. The summed E-state index contributed by atoms with van der Waals surface area (Å²) in [6, 6.07) is 22.3. The van der Waals surface area contributed by atoms with Crippen molar-refractivity contribution < 1.29 is 14.3 Å². The lowest BCUT2D eigenvalue weighted by Crippen LogP contribution is -2.18. The van der Waals surface area contributed by atoms with Crippen molar-refractivity contribution >= 4 is 5.97 Å². The largest absolute Gasteiger partial charge is 0.482 e. The Bertz CT molecular complexity index is 976. The smallest absolute Gasteiger partial charge is 0.345 e. The highest BCUT2D eigenvalue weighted by Gasteiger charge is 2.31. The van der Waals surface area contributed by atoms with Gasteiger partial charge in [0.15, 0.2) is 12.7 Å². The number of hydrogen-bond donors (Lipinski definition) is 0. The predicted octanol–water partition coefficient (Wildman–Crippen LogP) is 4.87. The van der Waals surface area contributed by atoms with Gasteiger partial charge in [0, 0.05) is 11.1 Å². The van der Waals surface area contributed by atoms with Crippen molar-refractivity contribution in [1.29, 1.82) is 0 Å². The summed E-state index contributed by atoms with van der Waals surface area (Å²) in [5.41, 5.74) is 7.05. The van der Waals surface area contributed by atoms with Crippen molar-refractivity contribution in [2.45, 2.75) is 25.4 Å². The molecule has 0 heterocycles. The van der Waals surface area contributed by atoms with Crippen molar-refractivity contribution in [1.82, 2.24) is 0 Å². The molecule has 5 rings (SSSR count). The Morgan fingerprint density at radius 2 is 1.52 bits per heavy atom. The summed E-state index contributed by atoms with van der Waals surface area (Å²) in [7, 11) is 0. The fraction of sp³-hybridized carbons (Fsp3) is 0.208. The molecule has 0 amide bonds. The van der Waals surface area contributed by atoms with Crippen molar-refractivity contribution in [2.75, 3.05) is 6.61 Å². The molecule has 0 aromatic heterocycles. The molecule has 0 radical (unpaired) electrons. The van der Waals surface area contributed by atoms with E-state index in [-0.39, 0.29) is 18.7 Å². The van der Waals surface area contributed by atoms with Gasteiger partial charge in [0.05, 0.1) is 0 Å². The number of esters is 1. The maximum atomic E-state index is 12.5. The molecule has 27 heavy (non-hydrogen) atoms. The molecular weight excluding hydrogens is 336 g/mol. The molecule has 2 aliphatic rings.